The Labute approximate surface area is 122 Å². The highest BCUT2D eigenvalue weighted by molar-refractivity contribution is 9.09. The number of ether oxygens (including phenoxy) is 2. The van der Waals surface area contributed by atoms with Crippen LogP contribution < -0.4 is 15.0 Å². The van der Waals surface area contributed by atoms with Crippen molar-refractivity contribution in [2.24, 2.45) is 0 Å². The van der Waals surface area contributed by atoms with Gasteiger partial charge in [-0.25, -0.2) is 0 Å². The van der Waals surface area contributed by atoms with Crippen LogP contribution in [-0.2, 0) is 0 Å². The summed E-state index contributed by atoms with van der Waals surface area (Å²) >= 11 is 3.16. The number of alkyl halides is 1. The second-order valence-corrected chi connectivity index (χ2v) is 4.88. The fraction of sp³-hybridized carbons (Fsp3) is 0.231. The van der Waals surface area contributed by atoms with Gasteiger partial charge in [0.25, 0.3) is 5.56 Å². The molecule has 2 aromatic rings. The number of nitrogens with zero attached hydrogens (tertiary/aromatic N) is 1. The molecule has 0 aliphatic carbocycles. The predicted molar refractivity (Wildman–Crippen MR) is 76.6 cm³/mol. The summed E-state index contributed by atoms with van der Waals surface area (Å²) in [7, 11) is 2.93. The van der Waals surface area contributed by atoms with E-state index in [1.54, 1.807) is 6.07 Å². The number of rotatable bonds is 3. The lowest BCUT2D eigenvalue weighted by molar-refractivity contribution is 0.355. The van der Waals surface area contributed by atoms with Gasteiger partial charge in [-0.3, -0.25) is 4.79 Å². The van der Waals surface area contributed by atoms with Crippen molar-refractivity contribution in [1.29, 1.82) is 5.26 Å². The largest absolute Gasteiger partial charge is 0.503 e. The quantitative estimate of drug-likeness (QED) is 0.836. The van der Waals surface area contributed by atoms with E-state index < -0.39 is 16.1 Å². The summed E-state index contributed by atoms with van der Waals surface area (Å²) in [5.41, 5.74) is -0.314. The minimum Gasteiger partial charge on any atom is -0.503 e. The van der Waals surface area contributed by atoms with Crippen LogP contribution in [0, 0.1) is 11.3 Å². The van der Waals surface area contributed by atoms with Crippen molar-refractivity contribution in [2.75, 3.05) is 14.2 Å². The maximum atomic E-state index is 11.7. The van der Waals surface area contributed by atoms with E-state index in [0.29, 0.717) is 28.0 Å². The van der Waals surface area contributed by atoms with Gasteiger partial charge in [0, 0.05) is 10.8 Å². The first-order valence-corrected chi connectivity index (χ1v) is 6.49. The van der Waals surface area contributed by atoms with Crippen molar-refractivity contribution in [3.63, 3.8) is 0 Å². The molecule has 0 radical (unpaired) electrons. The Bertz CT molecular complexity index is 764. The Morgan fingerprint density at radius 3 is 2.35 bits per heavy atom. The number of pyridine rings is 1. The third-order valence-corrected chi connectivity index (χ3v) is 3.56. The molecule has 1 aromatic carbocycles. The number of methoxy groups -OCH3 is 2. The molecule has 104 valence electrons. The molecule has 0 saturated heterocycles. The average molecular weight is 339 g/mol. The molecule has 7 heteroatoms. The highest BCUT2D eigenvalue weighted by Gasteiger charge is 2.18. The molecule has 1 heterocycles. The first-order chi connectivity index (χ1) is 9.53. The zero-order valence-corrected chi connectivity index (χ0v) is 12.3. The molecule has 0 bridgehead atoms. The monoisotopic (exact) mass is 338 g/mol. The number of hydrogen-bond donors (Lipinski definition) is 2. The molecule has 2 rings (SSSR count). The summed E-state index contributed by atoms with van der Waals surface area (Å²) in [4.78, 5) is 13.5. The number of aromatic nitrogens is 1. The fourth-order valence-electron chi connectivity index (χ4n) is 1.93. The summed E-state index contributed by atoms with van der Waals surface area (Å²) in [5.74, 6) is 0.391. The summed E-state index contributed by atoms with van der Waals surface area (Å²) in [6, 6.07) is 5.08. The molecule has 1 atom stereocenters. The number of hydrogen-bond acceptors (Lipinski definition) is 5. The Morgan fingerprint density at radius 2 is 1.85 bits per heavy atom. The normalized spacial score (nSPS) is 11.9. The van der Waals surface area contributed by atoms with Crippen molar-refractivity contribution < 1.29 is 14.6 Å². The molecule has 0 aliphatic heterocycles. The molecule has 1 aromatic heterocycles. The zero-order chi connectivity index (χ0) is 14.9. The number of halogens is 1. The Morgan fingerprint density at radius 1 is 1.30 bits per heavy atom. The van der Waals surface area contributed by atoms with E-state index in [-0.39, 0.29) is 0 Å². The van der Waals surface area contributed by atoms with E-state index in [0.717, 1.165) is 0 Å². The van der Waals surface area contributed by atoms with Crippen molar-refractivity contribution >= 4 is 26.7 Å². The van der Waals surface area contributed by atoms with Gasteiger partial charge in [0.15, 0.2) is 17.2 Å². The van der Waals surface area contributed by atoms with Gasteiger partial charge >= 0.3 is 0 Å². The number of H-pyrrole nitrogens is 1. The maximum absolute atomic E-state index is 11.7. The van der Waals surface area contributed by atoms with Crippen molar-refractivity contribution in [3.8, 4) is 23.3 Å². The lowest BCUT2D eigenvalue weighted by Gasteiger charge is -2.13. The Balaban J connectivity index is 2.93. The Kier molecular flexibility index (Phi) is 3.86. The molecule has 1 unspecified atom stereocenters. The average Bonchev–Trinajstić information content (AvgIpc) is 2.48. The second kappa shape index (κ2) is 5.43. The van der Waals surface area contributed by atoms with Gasteiger partial charge in [-0.15, -0.1) is 0 Å². The highest BCUT2D eigenvalue weighted by Crippen LogP contribution is 2.38. The number of fused-ring (bicyclic) bond motifs is 1. The Hall–Kier alpha value is -2.20. The third kappa shape index (κ3) is 2.18. The van der Waals surface area contributed by atoms with E-state index in [1.807, 2.05) is 6.07 Å². The van der Waals surface area contributed by atoms with Crippen molar-refractivity contribution in [3.05, 3.63) is 28.2 Å². The maximum Gasteiger partial charge on any atom is 0.290 e. The molecule has 0 fully saturated rings. The lowest BCUT2D eigenvalue weighted by Crippen LogP contribution is -2.10. The molecule has 0 aliphatic rings. The summed E-state index contributed by atoms with van der Waals surface area (Å²) in [5, 5.41) is 19.7. The first-order valence-electron chi connectivity index (χ1n) is 5.58. The lowest BCUT2D eigenvalue weighted by atomic mass is 10.1. The minimum atomic E-state index is -0.712. The van der Waals surface area contributed by atoms with E-state index in [9.17, 15) is 9.90 Å². The van der Waals surface area contributed by atoms with Crippen LogP contribution in [0.3, 0.4) is 0 Å². The molecule has 0 spiro atoms. The molecular formula is C13H11BrN2O4. The SMILES string of the molecule is COc1cc2c(C(Br)C#N)[nH]c(=O)c(O)c2cc1OC. The number of nitrogens with one attached hydrogen (secondary N) is 1. The molecule has 0 saturated carbocycles. The smallest absolute Gasteiger partial charge is 0.290 e. The van der Waals surface area contributed by atoms with Crippen LogP contribution in [0.1, 0.15) is 10.5 Å². The van der Waals surface area contributed by atoms with Crippen LogP contribution >= 0.6 is 15.9 Å². The van der Waals surface area contributed by atoms with E-state index in [1.165, 1.54) is 20.3 Å². The first kappa shape index (κ1) is 14.2. The van der Waals surface area contributed by atoms with Gasteiger partial charge in [0.05, 0.1) is 26.0 Å². The van der Waals surface area contributed by atoms with Crippen LogP contribution in [0.4, 0.5) is 0 Å². The summed E-state index contributed by atoms with van der Waals surface area (Å²) in [6.45, 7) is 0. The predicted octanol–water partition coefficient (Wildman–Crippen LogP) is 2.21. The number of aromatic hydroxyl groups is 1. The van der Waals surface area contributed by atoms with Crippen LogP contribution in [0.5, 0.6) is 17.2 Å². The fourth-order valence-corrected chi connectivity index (χ4v) is 2.29. The molecule has 0 amide bonds. The van der Waals surface area contributed by atoms with Gasteiger partial charge in [0.2, 0.25) is 0 Å². The number of nitriles is 1. The highest BCUT2D eigenvalue weighted by atomic mass is 79.9. The van der Waals surface area contributed by atoms with E-state index in [2.05, 4.69) is 20.9 Å². The summed E-state index contributed by atoms with van der Waals surface area (Å²) < 4.78 is 10.3. The van der Waals surface area contributed by atoms with Gasteiger partial charge in [-0.05, 0) is 12.1 Å². The number of benzene rings is 1. The van der Waals surface area contributed by atoms with Gasteiger partial charge in [-0.2, -0.15) is 5.26 Å². The molecular weight excluding hydrogens is 328 g/mol. The summed E-state index contributed by atoms with van der Waals surface area (Å²) in [6.07, 6.45) is 0. The molecule has 2 N–H and O–H groups in total. The van der Waals surface area contributed by atoms with Crippen LogP contribution in [0.25, 0.3) is 10.8 Å². The second-order valence-electron chi connectivity index (χ2n) is 3.96. The minimum absolute atomic E-state index is 0.293. The van der Waals surface area contributed by atoms with Crippen LogP contribution in [0.2, 0.25) is 0 Å². The van der Waals surface area contributed by atoms with E-state index in [4.69, 9.17) is 14.7 Å². The third-order valence-electron chi connectivity index (χ3n) is 2.90. The van der Waals surface area contributed by atoms with Gasteiger partial charge in [-0.1, -0.05) is 15.9 Å². The van der Waals surface area contributed by atoms with E-state index >= 15 is 0 Å². The van der Waals surface area contributed by atoms with Crippen LogP contribution in [0.15, 0.2) is 16.9 Å². The van der Waals surface area contributed by atoms with Gasteiger partial charge in [0.1, 0.15) is 4.83 Å². The topological polar surface area (TPSA) is 95.3 Å². The molecule has 6 nitrogen and oxygen atoms in total. The number of aromatic amines is 1. The molecule has 20 heavy (non-hydrogen) atoms. The van der Waals surface area contributed by atoms with Crippen molar-refractivity contribution in [1.82, 2.24) is 4.98 Å². The van der Waals surface area contributed by atoms with Crippen LogP contribution in [-0.4, -0.2) is 24.3 Å². The standard InChI is InChI=1S/C13H11BrN2O4/c1-19-9-3-6-7(4-10(9)20-2)12(17)13(18)16-11(6)8(14)5-15/h3-4,8,17H,1-2H3,(H,16,18). The van der Waals surface area contributed by atoms with Crippen molar-refractivity contribution in [2.45, 2.75) is 4.83 Å². The zero-order valence-electron chi connectivity index (χ0n) is 10.7. The van der Waals surface area contributed by atoms with Gasteiger partial charge < -0.3 is 19.6 Å².